The van der Waals surface area contributed by atoms with E-state index >= 15 is 0 Å². The van der Waals surface area contributed by atoms with Gasteiger partial charge in [0, 0.05) is 18.3 Å². The summed E-state index contributed by atoms with van der Waals surface area (Å²) in [5.74, 6) is 0.0972. The molecule has 1 atom stereocenters. The fourth-order valence-corrected chi connectivity index (χ4v) is 2.32. The van der Waals surface area contributed by atoms with Gasteiger partial charge in [-0.15, -0.1) is 11.6 Å². The van der Waals surface area contributed by atoms with E-state index in [-0.39, 0.29) is 5.88 Å². The van der Waals surface area contributed by atoms with Crippen LogP contribution in [0.2, 0.25) is 0 Å². The zero-order valence-corrected chi connectivity index (χ0v) is 8.92. The summed E-state index contributed by atoms with van der Waals surface area (Å²) in [6, 6.07) is 0. The Morgan fingerprint density at radius 1 is 1.57 bits per heavy atom. The molecule has 14 heavy (non-hydrogen) atoms. The molecule has 0 unspecified atom stereocenters. The summed E-state index contributed by atoms with van der Waals surface area (Å²) in [7, 11) is 0. The van der Waals surface area contributed by atoms with Crippen LogP contribution in [0.3, 0.4) is 0 Å². The zero-order chi connectivity index (χ0) is 10.3. The summed E-state index contributed by atoms with van der Waals surface area (Å²) in [6.45, 7) is 1.66. The highest BCUT2D eigenvalue weighted by molar-refractivity contribution is 6.18. The third-order valence-electron chi connectivity index (χ3n) is 3.06. The van der Waals surface area contributed by atoms with Crippen molar-refractivity contribution in [1.29, 1.82) is 0 Å². The molecule has 0 aromatic carbocycles. The molecule has 0 spiro atoms. The number of halogens is 1. The molecule has 1 heterocycles. The van der Waals surface area contributed by atoms with Crippen molar-refractivity contribution >= 4 is 11.6 Å². The average molecular weight is 218 g/mol. The van der Waals surface area contributed by atoms with Gasteiger partial charge < -0.3 is 0 Å². The zero-order valence-electron chi connectivity index (χ0n) is 8.16. The number of rotatable bonds is 1. The van der Waals surface area contributed by atoms with Crippen molar-refractivity contribution < 1.29 is 9.97 Å². The third kappa shape index (κ3) is 1.10. The molecule has 0 saturated carbocycles. The standard InChI is InChI=1S/C9H14ClN2O2/c1-9(6-10)11(13)7-4-2-3-5-8(7)12(9)14/h13H,2-6H2,1H3/q+1/t9-/m1/s1. The molecule has 1 aliphatic heterocycles. The first-order valence-corrected chi connectivity index (χ1v) is 5.39. The monoisotopic (exact) mass is 217 g/mol. The molecule has 0 fully saturated rings. The number of hydrogen-bond donors (Lipinski definition) is 1. The van der Waals surface area contributed by atoms with E-state index in [1.807, 2.05) is 0 Å². The summed E-state index contributed by atoms with van der Waals surface area (Å²) in [6.07, 6.45) is 3.57. The van der Waals surface area contributed by atoms with E-state index in [0.29, 0.717) is 5.70 Å². The van der Waals surface area contributed by atoms with Crippen LogP contribution < -0.4 is 0 Å². The van der Waals surface area contributed by atoms with Crippen molar-refractivity contribution in [2.45, 2.75) is 38.3 Å². The second-order valence-electron chi connectivity index (χ2n) is 4.06. The Hall–Kier alpha value is -0.610. The van der Waals surface area contributed by atoms with Crippen molar-refractivity contribution in [3.8, 4) is 0 Å². The molecule has 0 aromatic heterocycles. The van der Waals surface area contributed by atoms with Crippen LogP contribution in [-0.4, -0.2) is 26.6 Å². The number of nitroso groups, excluding NO2 is 1. The van der Waals surface area contributed by atoms with Gasteiger partial charge in [0.1, 0.15) is 11.6 Å². The molecule has 4 nitrogen and oxygen atoms in total. The third-order valence-corrected chi connectivity index (χ3v) is 3.56. The normalized spacial score (nSPS) is 32.5. The Balaban J connectivity index is 2.39. The fraction of sp³-hybridized carbons (Fsp3) is 0.778. The van der Waals surface area contributed by atoms with Gasteiger partial charge in [-0.3, -0.25) is 5.21 Å². The van der Waals surface area contributed by atoms with E-state index < -0.39 is 5.66 Å². The second-order valence-corrected chi connectivity index (χ2v) is 4.32. The van der Waals surface area contributed by atoms with Gasteiger partial charge in [0.2, 0.25) is 0 Å². The molecule has 1 aliphatic carbocycles. The first-order chi connectivity index (χ1) is 6.61. The van der Waals surface area contributed by atoms with Gasteiger partial charge in [-0.25, -0.2) is 0 Å². The summed E-state index contributed by atoms with van der Waals surface area (Å²) in [4.78, 5) is 11.9. The minimum Gasteiger partial charge on any atom is -0.282 e. The molecule has 0 radical (unpaired) electrons. The molecule has 2 aliphatic rings. The molecule has 0 amide bonds. The predicted octanol–water partition coefficient (Wildman–Crippen LogP) is 2.21. The highest BCUT2D eigenvalue weighted by Crippen LogP contribution is 2.40. The highest BCUT2D eigenvalue weighted by Gasteiger charge is 2.57. The molecule has 5 heteroatoms. The van der Waals surface area contributed by atoms with E-state index in [0.717, 1.165) is 41.2 Å². The predicted molar refractivity (Wildman–Crippen MR) is 51.9 cm³/mol. The lowest BCUT2D eigenvalue weighted by atomic mass is 10.0. The fourth-order valence-electron chi connectivity index (χ4n) is 2.10. The second kappa shape index (κ2) is 3.21. The Morgan fingerprint density at radius 2 is 2.21 bits per heavy atom. The number of hydrogen-bond acceptors (Lipinski definition) is 3. The maximum absolute atomic E-state index is 11.9. The van der Waals surface area contributed by atoms with Crippen LogP contribution in [-0.2, 0) is 0 Å². The lowest BCUT2D eigenvalue weighted by Gasteiger charge is -2.22. The van der Waals surface area contributed by atoms with Gasteiger partial charge in [-0.1, -0.05) is 0 Å². The Morgan fingerprint density at radius 3 is 2.79 bits per heavy atom. The van der Waals surface area contributed by atoms with Crippen molar-refractivity contribution in [2.24, 2.45) is 0 Å². The number of hydroxylamine groups is 2. The minimum atomic E-state index is -1.00. The Bertz CT molecular complexity index is 316. The van der Waals surface area contributed by atoms with Crippen LogP contribution in [0, 0.1) is 4.91 Å². The first-order valence-electron chi connectivity index (χ1n) is 4.85. The quantitative estimate of drug-likeness (QED) is 0.541. The summed E-state index contributed by atoms with van der Waals surface area (Å²) in [5.41, 5.74) is 0.465. The van der Waals surface area contributed by atoms with Gasteiger partial charge in [0.05, 0.1) is 4.76 Å². The molecular formula is C9H14ClN2O2+. The number of allylic oxidation sites excluding steroid dienone is 2. The van der Waals surface area contributed by atoms with Gasteiger partial charge in [-0.2, -0.15) is 5.06 Å². The molecule has 0 bridgehead atoms. The Kier molecular flexibility index (Phi) is 2.27. The van der Waals surface area contributed by atoms with E-state index in [4.69, 9.17) is 11.6 Å². The topological polar surface area (TPSA) is 43.5 Å². The summed E-state index contributed by atoms with van der Waals surface area (Å²) in [5, 5.41) is 10.9. The van der Waals surface area contributed by atoms with Crippen LogP contribution in [0.4, 0.5) is 0 Å². The largest absolute Gasteiger partial charge is 0.323 e. The lowest BCUT2D eigenvalue weighted by molar-refractivity contribution is -0.603. The van der Waals surface area contributed by atoms with Crippen LogP contribution >= 0.6 is 11.6 Å². The maximum atomic E-state index is 11.9. The van der Waals surface area contributed by atoms with E-state index in [1.54, 1.807) is 6.92 Å². The van der Waals surface area contributed by atoms with Crippen LogP contribution in [0.1, 0.15) is 32.6 Å². The van der Waals surface area contributed by atoms with E-state index in [9.17, 15) is 10.1 Å². The number of alkyl halides is 1. The minimum absolute atomic E-state index is 0.0972. The molecule has 0 aromatic rings. The lowest BCUT2D eigenvalue weighted by Crippen LogP contribution is -2.47. The maximum Gasteiger partial charge on any atom is 0.323 e. The smallest absolute Gasteiger partial charge is 0.282 e. The van der Waals surface area contributed by atoms with E-state index in [1.165, 1.54) is 0 Å². The van der Waals surface area contributed by atoms with Crippen LogP contribution in [0.15, 0.2) is 11.4 Å². The van der Waals surface area contributed by atoms with Crippen molar-refractivity contribution in [2.75, 3.05) is 5.88 Å². The molecule has 2 rings (SSSR count). The first kappa shape index (κ1) is 9.93. The summed E-state index contributed by atoms with van der Waals surface area (Å²) < 4.78 is 0.870. The average Bonchev–Trinajstić information content (AvgIpc) is 2.43. The van der Waals surface area contributed by atoms with E-state index in [2.05, 4.69) is 0 Å². The molecule has 1 N–H and O–H groups in total. The molecule has 78 valence electrons. The SMILES string of the molecule is C[C@@]1(CCl)N(O)C2=C(CCCC2)[N+]1=O. The van der Waals surface area contributed by atoms with Crippen LogP contribution in [0.5, 0.6) is 0 Å². The van der Waals surface area contributed by atoms with Gasteiger partial charge in [-0.05, 0) is 19.3 Å². The molecular weight excluding hydrogens is 204 g/mol. The van der Waals surface area contributed by atoms with Gasteiger partial charge in [0.15, 0.2) is 0 Å². The van der Waals surface area contributed by atoms with Crippen LogP contribution in [0.25, 0.3) is 0 Å². The Labute approximate surface area is 87.7 Å². The van der Waals surface area contributed by atoms with Crippen molar-refractivity contribution in [3.63, 3.8) is 0 Å². The van der Waals surface area contributed by atoms with Gasteiger partial charge in [0.25, 0.3) is 5.70 Å². The van der Waals surface area contributed by atoms with Crippen molar-refractivity contribution in [1.82, 2.24) is 5.06 Å². The summed E-state index contributed by atoms with van der Waals surface area (Å²) >= 11 is 5.73. The molecule has 0 saturated heterocycles. The van der Waals surface area contributed by atoms with Crippen molar-refractivity contribution in [3.05, 3.63) is 16.3 Å². The highest BCUT2D eigenvalue weighted by atomic mass is 35.5. The van der Waals surface area contributed by atoms with Gasteiger partial charge >= 0.3 is 5.66 Å². The number of nitrogens with zero attached hydrogens (tertiary/aromatic N) is 2.